The van der Waals surface area contributed by atoms with Crippen LogP contribution in [0.5, 0.6) is 0 Å². The van der Waals surface area contributed by atoms with Gasteiger partial charge in [-0.25, -0.2) is 0 Å². The van der Waals surface area contributed by atoms with E-state index in [2.05, 4.69) is 0 Å². The summed E-state index contributed by atoms with van der Waals surface area (Å²) in [6.07, 6.45) is 40.0. The zero-order valence-corrected chi connectivity index (χ0v) is 37.8. The SMILES string of the molecule is CCSC(O)=C(c1ccccc1)c1ccccc1.CCSC(O)=C(c1ccccc1)c1ccccc1.[CH]1[CH][CH][CH][CH]1.[CH]1[CH][CH][CH][CH]1.[CH]1[CH][CH][CH][CH]1.[CH]1[CH][CH][CH][CH]1.[Yb+2].[Yb+2]. The van der Waals surface area contributed by atoms with Crippen LogP contribution in [0, 0.1) is 222 Å². The Labute approximate surface area is 440 Å². The summed E-state index contributed by atoms with van der Waals surface area (Å²) in [5.74, 6) is 1.71. The van der Waals surface area contributed by atoms with Gasteiger partial charge in [-0.05, 0) is 162 Å². The molecule has 4 saturated carbocycles. The Bertz CT molecular complexity index is 1310. The number of aliphatic hydroxyl groups is 2. The Morgan fingerprint density at radius 2 is 0.466 bits per heavy atom. The maximum absolute atomic E-state index is 10.3. The first-order chi connectivity index (χ1) is 27.7. The monoisotopic (exact) mass is 1120 g/mol. The van der Waals surface area contributed by atoms with E-state index in [1.54, 1.807) is 0 Å². The molecule has 0 saturated heterocycles. The third kappa shape index (κ3) is 25.0. The van der Waals surface area contributed by atoms with Gasteiger partial charge in [0, 0.05) is 11.1 Å². The first-order valence-corrected chi connectivity index (χ1v) is 20.6. The summed E-state index contributed by atoms with van der Waals surface area (Å²) >= 11 is 2.93. The molecule has 0 aliphatic heterocycles. The summed E-state index contributed by atoms with van der Waals surface area (Å²) in [4.78, 5) is 0. The average Bonchev–Trinajstić information content (AvgIpc) is 4.11. The number of benzene rings is 4. The smallest absolute Gasteiger partial charge is 0.502 e. The molecule has 2 N–H and O–H groups in total. The molecule has 58 heavy (non-hydrogen) atoms. The van der Waals surface area contributed by atoms with Crippen molar-refractivity contribution in [3.8, 4) is 0 Å². The molecule has 8 rings (SSSR count). The second-order valence-corrected chi connectivity index (χ2v) is 14.0. The van der Waals surface area contributed by atoms with Crippen LogP contribution < -0.4 is 0 Å². The van der Waals surface area contributed by atoms with Crippen molar-refractivity contribution in [2.75, 3.05) is 11.5 Å². The molecule has 308 valence electrons. The maximum Gasteiger partial charge on any atom is 2.00 e. The van der Waals surface area contributed by atoms with Crippen molar-refractivity contribution in [1.82, 2.24) is 0 Å². The van der Waals surface area contributed by atoms with Crippen molar-refractivity contribution in [3.05, 3.63) is 282 Å². The van der Waals surface area contributed by atoms with Crippen molar-refractivity contribution in [2.24, 2.45) is 0 Å². The van der Waals surface area contributed by atoms with Crippen LogP contribution in [0.3, 0.4) is 0 Å². The maximum atomic E-state index is 10.3. The Morgan fingerprint density at radius 3 is 0.603 bits per heavy atom. The van der Waals surface area contributed by atoms with Gasteiger partial charge in [-0.1, -0.05) is 159 Å². The van der Waals surface area contributed by atoms with E-state index in [0.29, 0.717) is 10.2 Å². The largest absolute Gasteiger partial charge is 2.00 e. The van der Waals surface area contributed by atoms with Gasteiger partial charge in [-0.2, -0.15) is 0 Å². The Balaban J connectivity index is 0.000000385. The Kier molecular flexibility index (Phi) is 36.9. The zero-order chi connectivity index (χ0) is 39.7. The molecule has 0 amide bonds. The van der Waals surface area contributed by atoms with Crippen LogP contribution in [-0.2, 0) is 0 Å². The van der Waals surface area contributed by atoms with Gasteiger partial charge in [0.2, 0.25) is 0 Å². The normalized spacial score (nSPS) is 14.5. The van der Waals surface area contributed by atoms with Crippen LogP contribution in [0.4, 0.5) is 0 Å². The number of aliphatic hydroxyl groups excluding tert-OH is 2. The summed E-state index contributed by atoms with van der Waals surface area (Å²) < 4.78 is 0. The fourth-order valence-electron chi connectivity index (χ4n) is 4.95. The van der Waals surface area contributed by atoms with Crippen LogP contribution >= 0.6 is 23.5 Å². The minimum atomic E-state index is 0. The summed E-state index contributed by atoms with van der Waals surface area (Å²) in [7, 11) is 0. The van der Waals surface area contributed by atoms with Gasteiger partial charge in [-0.3, -0.25) is 0 Å². The second-order valence-electron chi connectivity index (χ2n) is 11.5. The van der Waals surface area contributed by atoms with Gasteiger partial charge in [0.25, 0.3) is 0 Å². The fraction of sp³-hybridized carbons (Fsp3) is 0.0769. The summed E-state index contributed by atoms with van der Waals surface area (Å²) in [6, 6.07) is 40.0. The van der Waals surface area contributed by atoms with E-state index < -0.39 is 0 Å². The molecular weight excluding hydrogens is 1070 g/mol. The third-order valence-corrected chi connectivity index (χ3v) is 8.99. The number of hydrogen-bond donors (Lipinski definition) is 2. The van der Waals surface area contributed by atoms with Gasteiger partial charge in [-0.15, -0.1) is 0 Å². The van der Waals surface area contributed by atoms with Crippen LogP contribution in [0.15, 0.2) is 132 Å². The Morgan fingerprint density at radius 1 is 0.310 bits per heavy atom. The van der Waals surface area contributed by atoms with E-state index in [-0.39, 0.29) is 93.8 Å². The first kappa shape index (κ1) is 55.7. The van der Waals surface area contributed by atoms with Crippen LogP contribution in [0.25, 0.3) is 11.1 Å². The summed E-state index contributed by atoms with van der Waals surface area (Å²) in [6.45, 7) is 4.07. The minimum absolute atomic E-state index is 0. The molecule has 20 radical (unpaired) electrons. The zero-order valence-electron chi connectivity index (χ0n) is 32.8. The fourth-order valence-corrected chi connectivity index (χ4v) is 6.25. The molecule has 0 heterocycles. The number of thioether (sulfide) groups is 2. The molecule has 4 aromatic rings. The number of hydrogen-bond acceptors (Lipinski definition) is 4. The van der Waals surface area contributed by atoms with Gasteiger partial charge in [0.05, 0.1) is 0 Å². The minimum Gasteiger partial charge on any atom is -0.502 e. The van der Waals surface area contributed by atoms with Crippen LogP contribution in [0.2, 0.25) is 0 Å². The molecule has 4 aliphatic rings. The molecule has 4 aromatic carbocycles. The molecule has 0 spiro atoms. The molecule has 4 fully saturated rings. The van der Waals surface area contributed by atoms with E-state index in [1.165, 1.54) is 23.5 Å². The Hall–Kier alpha value is -0.301. The van der Waals surface area contributed by atoms with E-state index in [9.17, 15) is 10.2 Å². The van der Waals surface area contributed by atoms with Gasteiger partial charge < -0.3 is 10.2 Å². The van der Waals surface area contributed by atoms with Crippen molar-refractivity contribution >= 4 is 34.7 Å². The van der Waals surface area contributed by atoms with Crippen molar-refractivity contribution < 1.29 is 104 Å². The quantitative estimate of drug-likeness (QED) is 0.173. The molecule has 2 nitrogen and oxygen atoms in total. The molecule has 0 atom stereocenters. The average molecular weight is 1120 g/mol. The van der Waals surface area contributed by atoms with Crippen molar-refractivity contribution in [2.45, 2.75) is 13.8 Å². The van der Waals surface area contributed by atoms with Crippen LogP contribution in [-0.4, -0.2) is 21.7 Å². The molecule has 0 aromatic heterocycles. The first-order valence-electron chi connectivity index (χ1n) is 18.7. The van der Waals surface area contributed by atoms with E-state index in [0.717, 1.165) is 44.9 Å². The van der Waals surface area contributed by atoms with E-state index in [1.807, 2.05) is 264 Å². The van der Waals surface area contributed by atoms with E-state index in [4.69, 9.17) is 0 Å². The molecule has 6 heteroatoms. The van der Waals surface area contributed by atoms with Gasteiger partial charge in [0.15, 0.2) is 10.2 Å². The van der Waals surface area contributed by atoms with Gasteiger partial charge >= 0.3 is 93.8 Å². The van der Waals surface area contributed by atoms with E-state index >= 15 is 0 Å². The molecule has 4 aliphatic carbocycles. The predicted molar refractivity (Wildman–Crippen MR) is 245 cm³/mol. The topological polar surface area (TPSA) is 40.5 Å². The summed E-state index contributed by atoms with van der Waals surface area (Å²) in [5.41, 5.74) is 5.99. The molecule has 0 bridgehead atoms. The molecule has 0 unspecified atom stereocenters. The third-order valence-electron chi connectivity index (χ3n) is 7.46. The molecular formula is C52H52O2S2Yb2+4. The van der Waals surface area contributed by atoms with Crippen molar-refractivity contribution in [1.29, 1.82) is 0 Å². The summed E-state index contributed by atoms with van der Waals surface area (Å²) in [5, 5.41) is 21.3. The van der Waals surface area contributed by atoms with Crippen LogP contribution in [0.1, 0.15) is 36.1 Å². The second kappa shape index (κ2) is 38.4. The number of rotatable bonds is 8. The van der Waals surface area contributed by atoms with Crippen molar-refractivity contribution in [3.63, 3.8) is 0 Å². The predicted octanol–water partition coefficient (Wildman–Crippen LogP) is 13.5. The standard InChI is InChI=1S/2C16H16OS.4C5H5.2Yb/c2*1-2-18-16(17)15(13-9-5-3-6-10-13)14-11-7-4-8-12-14;4*1-2-4-5-3-1;;/h2*3-12,17H,2H2,1H3;4*1-5H;;/q;;;;;;2*+2. The van der Waals surface area contributed by atoms with Gasteiger partial charge in [0.1, 0.15) is 0 Å².